The number of anilines is 1. The maximum absolute atomic E-state index is 12.9. The molecule has 0 atom stereocenters. The summed E-state index contributed by atoms with van der Waals surface area (Å²) in [5, 5.41) is 0. The van der Waals surface area contributed by atoms with Crippen LogP contribution in [0, 0.1) is 5.82 Å². The van der Waals surface area contributed by atoms with Crippen LogP contribution in [-0.4, -0.2) is 29.2 Å². The van der Waals surface area contributed by atoms with Gasteiger partial charge in [-0.2, -0.15) is 0 Å². The zero-order valence-electron chi connectivity index (χ0n) is 13.0. The molecule has 4 nitrogen and oxygen atoms in total. The SMILES string of the molecule is Fc1ccc(OC2CCN(c3ccnc(C4CC4)n3)CC2)cc1. The minimum atomic E-state index is -0.234. The van der Waals surface area contributed by atoms with Crippen molar-refractivity contribution in [2.45, 2.75) is 37.7 Å². The molecule has 5 heteroatoms. The Kier molecular flexibility index (Phi) is 3.85. The van der Waals surface area contributed by atoms with Gasteiger partial charge >= 0.3 is 0 Å². The molecule has 0 N–H and O–H groups in total. The first-order chi connectivity index (χ1) is 11.3. The summed E-state index contributed by atoms with van der Waals surface area (Å²) in [5.41, 5.74) is 0. The van der Waals surface area contributed by atoms with Gasteiger partial charge in [0.1, 0.15) is 29.3 Å². The van der Waals surface area contributed by atoms with E-state index in [-0.39, 0.29) is 11.9 Å². The van der Waals surface area contributed by atoms with Crippen LogP contribution in [0.15, 0.2) is 36.5 Å². The van der Waals surface area contributed by atoms with E-state index < -0.39 is 0 Å². The van der Waals surface area contributed by atoms with Gasteiger partial charge in [0.05, 0.1) is 0 Å². The Morgan fingerprint density at radius 3 is 2.43 bits per heavy atom. The summed E-state index contributed by atoms with van der Waals surface area (Å²) in [6.45, 7) is 1.85. The molecule has 2 aromatic rings. The number of hydrogen-bond acceptors (Lipinski definition) is 4. The molecule has 1 saturated heterocycles. The molecule has 23 heavy (non-hydrogen) atoms. The fraction of sp³-hybridized carbons (Fsp3) is 0.444. The van der Waals surface area contributed by atoms with Gasteiger partial charge in [0.2, 0.25) is 0 Å². The van der Waals surface area contributed by atoms with E-state index in [1.165, 1.54) is 25.0 Å². The molecule has 1 aliphatic heterocycles. The molecule has 0 spiro atoms. The number of halogens is 1. The largest absolute Gasteiger partial charge is 0.490 e. The van der Waals surface area contributed by atoms with Crippen molar-refractivity contribution in [3.63, 3.8) is 0 Å². The van der Waals surface area contributed by atoms with Gasteiger partial charge in [-0.25, -0.2) is 14.4 Å². The third-order valence-corrected chi connectivity index (χ3v) is 4.48. The fourth-order valence-corrected chi connectivity index (χ4v) is 2.99. The molecule has 2 aliphatic rings. The average Bonchev–Trinajstić information content (AvgIpc) is 3.43. The third kappa shape index (κ3) is 3.44. The monoisotopic (exact) mass is 313 g/mol. The molecule has 4 rings (SSSR count). The van der Waals surface area contributed by atoms with Crippen molar-refractivity contribution in [2.24, 2.45) is 0 Å². The number of aromatic nitrogens is 2. The number of piperidine rings is 1. The van der Waals surface area contributed by atoms with Gasteiger partial charge in [-0.05, 0) is 43.2 Å². The number of ether oxygens (including phenoxy) is 1. The molecule has 1 aliphatic carbocycles. The molecule has 1 aromatic carbocycles. The Morgan fingerprint density at radius 2 is 1.74 bits per heavy atom. The summed E-state index contributed by atoms with van der Waals surface area (Å²) in [5.74, 6) is 3.11. The number of benzene rings is 1. The van der Waals surface area contributed by atoms with Crippen LogP contribution >= 0.6 is 0 Å². The van der Waals surface area contributed by atoms with Crippen molar-refractivity contribution in [2.75, 3.05) is 18.0 Å². The highest BCUT2D eigenvalue weighted by Crippen LogP contribution is 2.38. The molecular formula is C18H20FN3O. The molecule has 2 heterocycles. The van der Waals surface area contributed by atoms with Crippen molar-refractivity contribution in [1.82, 2.24) is 9.97 Å². The van der Waals surface area contributed by atoms with Crippen molar-refractivity contribution >= 4 is 5.82 Å². The highest BCUT2D eigenvalue weighted by molar-refractivity contribution is 5.38. The zero-order chi connectivity index (χ0) is 15.6. The first kappa shape index (κ1) is 14.4. The van der Waals surface area contributed by atoms with Gasteiger partial charge in [0.25, 0.3) is 0 Å². The lowest BCUT2D eigenvalue weighted by atomic mass is 10.1. The normalized spacial score (nSPS) is 18.9. The van der Waals surface area contributed by atoms with E-state index in [1.54, 1.807) is 12.1 Å². The predicted octanol–water partition coefficient (Wildman–Crippen LogP) is 3.54. The smallest absolute Gasteiger partial charge is 0.133 e. The summed E-state index contributed by atoms with van der Waals surface area (Å²) in [6, 6.07) is 8.24. The topological polar surface area (TPSA) is 38.2 Å². The van der Waals surface area contributed by atoms with E-state index in [4.69, 9.17) is 9.72 Å². The molecule has 0 bridgehead atoms. The molecule has 120 valence electrons. The van der Waals surface area contributed by atoms with Crippen LogP contribution in [-0.2, 0) is 0 Å². The predicted molar refractivity (Wildman–Crippen MR) is 86.3 cm³/mol. The van der Waals surface area contributed by atoms with E-state index in [0.717, 1.165) is 43.3 Å². The van der Waals surface area contributed by atoms with E-state index in [9.17, 15) is 4.39 Å². The van der Waals surface area contributed by atoms with Crippen molar-refractivity contribution in [3.8, 4) is 5.75 Å². The van der Waals surface area contributed by atoms with Gasteiger partial charge < -0.3 is 9.64 Å². The molecule has 1 aromatic heterocycles. The van der Waals surface area contributed by atoms with E-state index >= 15 is 0 Å². The third-order valence-electron chi connectivity index (χ3n) is 4.48. The van der Waals surface area contributed by atoms with Gasteiger partial charge in [0, 0.05) is 38.0 Å². The van der Waals surface area contributed by atoms with Crippen LogP contribution in [0.25, 0.3) is 0 Å². The quantitative estimate of drug-likeness (QED) is 0.865. The Labute approximate surface area is 135 Å². The Balaban J connectivity index is 1.35. The van der Waals surface area contributed by atoms with Crippen LogP contribution in [0.2, 0.25) is 0 Å². The maximum atomic E-state index is 12.9. The van der Waals surface area contributed by atoms with Crippen molar-refractivity contribution < 1.29 is 9.13 Å². The second-order valence-electron chi connectivity index (χ2n) is 6.31. The first-order valence-corrected chi connectivity index (χ1v) is 8.28. The van der Waals surface area contributed by atoms with Crippen molar-refractivity contribution in [1.29, 1.82) is 0 Å². The second kappa shape index (κ2) is 6.14. The van der Waals surface area contributed by atoms with Crippen LogP contribution in [0.4, 0.5) is 10.2 Å². The van der Waals surface area contributed by atoms with Crippen LogP contribution in [0.5, 0.6) is 5.75 Å². The molecule has 0 unspecified atom stereocenters. The molecule has 0 amide bonds. The van der Waals surface area contributed by atoms with E-state index in [1.807, 2.05) is 12.3 Å². The zero-order valence-corrected chi connectivity index (χ0v) is 13.0. The van der Waals surface area contributed by atoms with Crippen LogP contribution < -0.4 is 9.64 Å². The molecule has 0 radical (unpaired) electrons. The van der Waals surface area contributed by atoms with E-state index in [2.05, 4.69) is 9.88 Å². The summed E-state index contributed by atoms with van der Waals surface area (Å²) in [7, 11) is 0. The maximum Gasteiger partial charge on any atom is 0.133 e. The first-order valence-electron chi connectivity index (χ1n) is 8.28. The van der Waals surface area contributed by atoms with Gasteiger partial charge in [-0.15, -0.1) is 0 Å². The van der Waals surface area contributed by atoms with Crippen LogP contribution in [0.3, 0.4) is 0 Å². The number of rotatable bonds is 4. The molecule has 2 fully saturated rings. The summed E-state index contributed by atoms with van der Waals surface area (Å²) in [6.07, 6.45) is 6.38. The minimum absolute atomic E-state index is 0.182. The lowest BCUT2D eigenvalue weighted by Gasteiger charge is -2.33. The standard InChI is InChI=1S/C18H20FN3O/c19-14-3-5-15(6-4-14)23-16-8-11-22(12-9-16)17-7-10-20-18(21-17)13-1-2-13/h3-7,10,13,16H,1-2,8-9,11-12H2. The second-order valence-corrected chi connectivity index (χ2v) is 6.31. The summed E-state index contributed by atoms with van der Waals surface area (Å²) >= 11 is 0. The highest BCUT2D eigenvalue weighted by atomic mass is 19.1. The fourth-order valence-electron chi connectivity index (χ4n) is 2.99. The summed E-state index contributed by atoms with van der Waals surface area (Å²) in [4.78, 5) is 11.4. The lowest BCUT2D eigenvalue weighted by molar-refractivity contribution is 0.170. The van der Waals surface area contributed by atoms with E-state index in [0.29, 0.717) is 5.92 Å². The molecular weight excluding hydrogens is 293 g/mol. The Bertz CT molecular complexity index is 664. The lowest BCUT2D eigenvalue weighted by Crippen LogP contribution is -2.38. The average molecular weight is 313 g/mol. The van der Waals surface area contributed by atoms with Gasteiger partial charge in [-0.1, -0.05) is 0 Å². The molecule has 1 saturated carbocycles. The Hall–Kier alpha value is -2.17. The van der Waals surface area contributed by atoms with Gasteiger partial charge in [-0.3, -0.25) is 0 Å². The van der Waals surface area contributed by atoms with Gasteiger partial charge in [0.15, 0.2) is 0 Å². The minimum Gasteiger partial charge on any atom is -0.490 e. The van der Waals surface area contributed by atoms with Crippen molar-refractivity contribution in [3.05, 3.63) is 48.2 Å². The number of nitrogens with zero attached hydrogens (tertiary/aromatic N) is 3. The highest BCUT2D eigenvalue weighted by Gasteiger charge is 2.28. The van der Waals surface area contributed by atoms with Crippen LogP contribution in [0.1, 0.15) is 37.4 Å². The number of hydrogen-bond donors (Lipinski definition) is 0. The summed E-state index contributed by atoms with van der Waals surface area (Å²) < 4.78 is 18.9. The Morgan fingerprint density at radius 1 is 1.00 bits per heavy atom.